The Bertz CT molecular complexity index is 662. The summed E-state index contributed by atoms with van der Waals surface area (Å²) >= 11 is 5.56. The molecule has 0 atom stereocenters. The largest absolute Gasteiger partial charge is 0.493 e. The average Bonchev–Trinajstić information content (AvgIpc) is 2.39. The molecule has 21 heavy (non-hydrogen) atoms. The number of aryl methyl sites for hydroxylation is 1. The van der Waals surface area contributed by atoms with Gasteiger partial charge in [-0.05, 0) is 24.6 Å². The second-order valence-corrected chi connectivity index (χ2v) is 4.49. The van der Waals surface area contributed by atoms with Crippen LogP contribution in [0.5, 0.6) is 17.4 Å². The van der Waals surface area contributed by atoms with Crippen molar-refractivity contribution < 1.29 is 22.6 Å². The van der Waals surface area contributed by atoms with Crippen LogP contribution in [0, 0.1) is 6.92 Å². The van der Waals surface area contributed by atoms with Crippen LogP contribution in [0.1, 0.15) is 11.4 Å². The minimum absolute atomic E-state index is 0.228. The van der Waals surface area contributed by atoms with Gasteiger partial charge in [0.25, 0.3) is 0 Å². The SMILES string of the molecule is COc1cc(C)ccc1Oc1cc(Cl)nc(C(F)(F)F)n1. The molecule has 0 bridgehead atoms. The van der Waals surface area contributed by atoms with E-state index in [4.69, 9.17) is 21.1 Å². The number of aromatic nitrogens is 2. The predicted molar refractivity (Wildman–Crippen MR) is 69.8 cm³/mol. The van der Waals surface area contributed by atoms with Gasteiger partial charge in [0.2, 0.25) is 11.7 Å². The summed E-state index contributed by atoms with van der Waals surface area (Å²) < 4.78 is 48.3. The first kappa shape index (κ1) is 15.4. The summed E-state index contributed by atoms with van der Waals surface area (Å²) in [5, 5.41) is -0.363. The monoisotopic (exact) mass is 318 g/mol. The number of hydrogen-bond acceptors (Lipinski definition) is 4. The highest BCUT2D eigenvalue weighted by Gasteiger charge is 2.35. The minimum Gasteiger partial charge on any atom is -0.493 e. The van der Waals surface area contributed by atoms with Crippen LogP contribution in [0.15, 0.2) is 24.3 Å². The van der Waals surface area contributed by atoms with Crippen molar-refractivity contribution in [2.45, 2.75) is 13.1 Å². The maximum atomic E-state index is 12.6. The second kappa shape index (κ2) is 5.77. The number of halogens is 4. The first-order chi connectivity index (χ1) is 9.79. The van der Waals surface area contributed by atoms with E-state index in [0.717, 1.165) is 11.6 Å². The molecule has 0 N–H and O–H groups in total. The molecule has 1 aromatic heterocycles. The summed E-state index contributed by atoms with van der Waals surface area (Å²) in [5.74, 6) is -1.08. The Labute approximate surface area is 123 Å². The third kappa shape index (κ3) is 3.75. The van der Waals surface area contributed by atoms with E-state index in [1.54, 1.807) is 18.2 Å². The van der Waals surface area contributed by atoms with E-state index in [1.165, 1.54) is 7.11 Å². The van der Waals surface area contributed by atoms with E-state index < -0.39 is 12.0 Å². The zero-order valence-electron chi connectivity index (χ0n) is 11.0. The predicted octanol–water partition coefficient (Wildman–Crippen LogP) is 4.26. The lowest BCUT2D eigenvalue weighted by Crippen LogP contribution is -2.11. The van der Waals surface area contributed by atoms with Crippen molar-refractivity contribution in [1.82, 2.24) is 9.97 Å². The van der Waals surface area contributed by atoms with Crippen LogP contribution in [0.2, 0.25) is 5.15 Å². The van der Waals surface area contributed by atoms with E-state index in [9.17, 15) is 13.2 Å². The summed E-state index contributed by atoms with van der Waals surface area (Å²) in [6.07, 6.45) is -4.71. The Hall–Kier alpha value is -2.02. The number of nitrogens with zero attached hydrogens (tertiary/aromatic N) is 2. The molecule has 1 aromatic carbocycles. The van der Waals surface area contributed by atoms with Gasteiger partial charge >= 0.3 is 6.18 Å². The number of benzene rings is 1. The van der Waals surface area contributed by atoms with Crippen LogP contribution < -0.4 is 9.47 Å². The van der Waals surface area contributed by atoms with Crippen molar-refractivity contribution in [3.63, 3.8) is 0 Å². The Morgan fingerprint density at radius 1 is 1.10 bits per heavy atom. The second-order valence-electron chi connectivity index (χ2n) is 4.11. The summed E-state index contributed by atoms with van der Waals surface area (Å²) in [7, 11) is 1.43. The van der Waals surface area contributed by atoms with Crippen molar-refractivity contribution >= 4 is 11.6 Å². The van der Waals surface area contributed by atoms with Gasteiger partial charge in [-0.2, -0.15) is 18.2 Å². The molecule has 0 saturated carbocycles. The number of hydrogen-bond donors (Lipinski definition) is 0. The van der Waals surface area contributed by atoms with Crippen molar-refractivity contribution in [3.05, 3.63) is 40.8 Å². The van der Waals surface area contributed by atoms with Crippen molar-refractivity contribution in [3.8, 4) is 17.4 Å². The maximum absolute atomic E-state index is 12.6. The van der Waals surface area contributed by atoms with Crippen molar-refractivity contribution in [2.75, 3.05) is 7.11 Å². The molecule has 0 amide bonds. The number of rotatable bonds is 3. The van der Waals surface area contributed by atoms with Gasteiger partial charge in [-0.25, -0.2) is 4.98 Å². The Morgan fingerprint density at radius 3 is 2.43 bits per heavy atom. The minimum atomic E-state index is -4.71. The quantitative estimate of drug-likeness (QED) is 0.793. The molecule has 0 aliphatic carbocycles. The molecule has 0 aliphatic rings. The summed E-state index contributed by atoms with van der Waals surface area (Å²) in [6.45, 7) is 1.84. The topological polar surface area (TPSA) is 44.2 Å². The fraction of sp³-hybridized carbons (Fsp3) is 0.231. The molecule has 4 nitrogen and oxygen atoms in total. The Balaban J connectivity index is 2.38. The lowest BCUT2D eigenvalue weighted by Gasteiger charge is -2.12. The summed E-state index contributed by atoms with van der Waals surface area (Å²) in [6, 6.07) is 6.07. The van der Waals surface area contributed by atoms with Gasteiger partial charge in [-0.1, -0.05) is 17.7 Å². The molecule has 2 aromatic rings. The summed E-state index contributed by atoms with van der Waals surface area (Å²) in [4.78, 5) is 6.42. The first-order valence-corrected chi connectivity index (χ1v) is 6.11. The fourth-order valence-electron chi connectivity index (χ4n) is 1.55. The molecular formula is C13H10ClF3N2O2. The van der Waals surface area contributed by atoms with Crippen LogP contribution in [-0.2, 0) is 6.18 Å². The van der Waals surface area contributed by atoms with Gasteiger partial charge in [0, 0.05) is 6.07 Å². The lowest BCUT2D eigenvalue weighted by molar-refractivity contribution is -0.145. The average molecular weight is 319 g/mol. The third-order valence-electron chi connectivity index (χ3n) is 2.46. The standard InChI is InChI=1S/C13H10ClF3N2O2/c1-7-3-4-8(9(5-7)20-2)21-11-6-10(14)18-12(19-11)13(15,16)17/h3-6H,1-2H3. The molecule has 2 rings (SSSR count). The van der Waals surface area contributed by atoms with Gasteiger partial charge in [0.15, 0.2) is 11.5 Å². The van der Waals surface area contributed by atoms with Crippen LogP contribution >= 0.6 is 11.6 Å². The summed E-state index contributed by atoms with van der Waals surface area (Å²) in [5.41, 5.74) is 0.913. The molecule has 0 fully saturated rings. The number of ether oxygens (including phenoxy) is 2. The van der Waals surface area contributed by atoms with Gasteiger partial charge in [0.05, 0.1) is 7.11 Å². The first-order valence-electron chi connectivity index (χ1n) is 5.74. The zero-order chi connectivity index (χ0) is 15.6. The van der Waals surface area contributed by atoms with Crippen molar-refractivity contribution in [1.29, 1.82) is 0 Å². The highest BCUT2D eigenvalue weighted by atomic mass is 35.5. The molecule has 112 valence electrons. The van der Waals surface area contributed by atoms with Gasteiger partial charge in [-0.15, -0.1) is 0 Å². The molecule has 0 aliphatic heterocycles. The van der Waals surface area contributed by atoms with Crippen LogP contribution in [0.4, 0.5) is 13.2 Å². The molecule has 0 spiro atoms. The van der Waals surface area contributed by atoms with Crippen LogP contribution in [-0.4, -0.2) is 17.1 Å². The number of methoxy groups -OCH3 is 1. The lowest BCUT2D eigenvalue weighted by atomic mass is 10.2. The smallest absolute Gasteiger partial charge is 0.451 e. The van der Waals surface area contributed by atoms with E-state index >= 15 is 0 Å². The molecule has 1 heterocycles. The third-order valence-corrected chi connectivity index (χ3v) is 2.65. The zero-order valence-corrected chi connectivity index (χ0v) is 11.8. The molecule has 0 saturated heterocycles. The maximum Gasteiger partial charge on any atom is 0.451 e. The Morgan fingerprint density at radius 2 is 1.81 bits per heavy atom. The normalized spacial score (nSPS) is 11.3. The molecule has 0 unspecified atom stereocenters. The van der Waals surface area contributed by atoms with E-state index in [2.05, 4.69) is 9.97 Å². The molecule has 0 radical (unpaired) electrons. The van der Waals surface area contributed by atoms with Gasteiger partial charge in [-0.3, -0.25) is 0 Å². The van der Waals surface area contributed by atoms with Crippen molar-refractivity contribution in [2.24, 2.45) is 0 Å². The molecular weight excluding hydrogens is 309 g/mol. The molecule has 8 heteroatoms. The number of alkyl halides is 3. The van der Waals surface area contributed by atoms with Crippen LogP contribution in [0.25, 0.3) is 0 Å². The van der Waals surface area contributed by atoms with E-state index in [1.807, 2.05) is 6.92 Å². The van der Waals surface area contributed by atoms with E-state index in [-0.39, 0.29) is 16.8 Å². The fourth-order valence-corrected chi connectivity index (χ4v) is 1.72. The highest BCUT2D eigenvalue weighted by Crippen LogP contribution is 2.34. The van der Waals surface area contributed by atoms with E-state index in [0.29, 0.717) is 5.75 Å². The Kier molecular flexibility index (Phi) is 4.22. The highest BCUT2D eigenvalue weighted by molar-refractivity contribution is 6.29. The van der Waals surface area contributed by atoms with Gasteiger partial charge < -0.3 is 9.47 Å². The van der Waals surface area contributed by atoms with Crippen LogP contribution in [0.3, 0.4) is 0 Å². The van der Waals surface area contributed by atoms with Gasteiger partial charge in [0.1, 0.15) is 5.15 Å².